The molecule has 0 N–H and O–H groups in total. The Morgan fingerprint density at radius 3 is 2.65 bits per heavy atom. The summed E-state index contributed by atoms with van der Waals surface area (Å²) in [5.41, 5.74) is -0.468. The van der Waals surface area contributed by atoms with E-state index in [0.29, 0.717) is 24.9 Å². The van der Waals surface area contributed by atoms with Crippen LogP contribution >= 0.6 is 0 Å². The fourth-order valence-corrected chi connectivity index (χ4v) is 2.10. The molecule has 0 bridgehead atoms. The smallest absolute Gasteiger partial charge is 0.410 e. The lowest BCUT2D eigenvalue weighted by molar-refractivity contribution is 0.0291. The van der Waals surface area contributed by atoms with Gasteiger partial charge in [-0.25, -0.2) is 4.79 Å². The van der Waals surface area contributed by atoms with E-state index in [-0.39, 0.29) is 17.9 Å². The molecule has 1 aliphatic heterocycles. The van der Waals surface area contributed by atoms with Crippen molar-refractivity contribution in [2.45, 2.75) is 58.5 Å². The minimum atomic E-state index is -0.468. The first-order chi connectivity index (χ1) is 9.26. The number of aromatic nitrogens is 2. The maximum atomic E-state index is 12.0. The molecule has 2 heterocycles. The van der Waals surface area contributed by atoms with Crippen molar-refractivity contribution in [3.8, 4) is 0 Å². The van der Waals surface area contributed by atoms with Crippen molar-refractivity contribution >= 4 is 6.09 Å². The van der Waals surface area contributed by atoms with Crippen LogP contribution in [0.25, 0.3) is 0 Å². The lowest BCUT2D eigenvalue weighted by Crippen LogP contribution is -2.35. The van der Waals surface area contributed by atoms with Gasteiger partial charge in [0.2, 0.25) is 11.8 Å². The summed E-state index contributed by atoms with van der Waals surface area (Å²) in [5, 5.41) is 8.13. The zero-order valence-electron chi connectivity index (χ0n) is 12.8. The third-order valence-electron chi connectivity index (χ3n) is 3.14. The van der Waals surface area contributed by atoms with Crippen LogP contribution in [0.4, 0.5) is 4.79 Å². The van der Waals surface area contributed by atoms with Gasteiger partial charge in [-0.15, -0.1) is 10.2 Å². The van der Waals surface area contributed by atoms with E-state index < -0.39 is 5.60 Å². The summed E-state index contributed by atoms with van der Waals surface area (Å²) in [6, 6.07) is 0. The second-order valence-electron chi connectivity index (χ2n) is 6.55. The molecular weight excluding hydrogens is 258 g/mol. The predicted molar refractivity (Wildman–Crippen MR) is 73.6 cm³/mol. The number of carbonyl (C=O) groups is 1. The Bertz CT molecular complexity index is 476. The van der Waals surface area contributed by atoms with Crippen LogP contribution in [0.15, 0.2) is 4.42 Å². The van der Waals surface area contributed by atoms with E-state index in [0.717, 1.165) is 6.42 Å². The van der Waals surface area contributed by atoms with Gasteiger partial charge in [0.15, 0.2) is 0 Å². The molecule has 1 saturated heterocycles. The molecule has 1 aliphatic rings. The Kier molecular flexibility index (Phi) is 4.01. The van der Waals surface area contributed by atoms with Gasteiger partial charge in [-0.3, -0.25) is 0 Å². The van der Waals surface area contributed by atoms with Crippen molar-refractivity contribution in [2.75, 3.05) is 13.1 Å². The van der Waals surface area contributed by atoms with Gasteiger partial charge < -0.3 is 14.1 Å². The first-order valence-electron chi connectivity index (χ1n) is 7.07. The lowest BCUT2D eigenvalue weighted by atomic mass is 10.1. The first-order valence-corrected chi connectivity index (χ1v) is 7.07. The Morgan fingerprint density at radius 1 is 1.40 bits per heavy atom. The van der Waals surface area contributed by atoms with Crippen LogP contribution < -0.4 is 0 Å². The summed E-state index contributed by atoms with van der Waals surface area (Å²) < 4.78 is 11.0. The zero-order valence-corrected chi connectivity index (χ0v) is 12.8. The van der Waals surface area contributed by atoms with Crippen LogP contribution in [0, 0.1) is 0 Å². The highest BCUT2D eigenvalue weighted by molar-refractivity contribution is 5.68. The predicted octanol–water partition coefficient (Wildman–Crippen LogP) is 2.92. The van der Waals surface area contributed by atoms with Gasteiger partial charge in [0.1, 0.15) is 5.60 Å². The maximum absolute atomic E-state index is 12.0. The van der Waals surface area contributed by atoms with Crippen LogP contribution in [0.5, 0.6) is 0 Å². The highest BCUT2D eigenvalue weighted by atomic mass is 16.6. The number of hydrogen-bond donors (Lipinski definition) is 0. The van der Waals surface area contributed by atoms with E-state index in [2.05, 4.69) is 10.2 Å². The number of likely N-dealkylation sites (tertiary alicyclic amines) is 1. The van der Waals surface area contributed by atoms with E-state index in [1.807, 2.05) is 34.6 Å². The normalized spacial score (nSPS) is 19.7. The standard InChI is InChI=1S/C14H23N3O3/c1-9(2)11-15-16-12(19-11)10-6-7-17(8-10)13(18)20-14(3,4)5/h9-10H,6-8H2,1-5H3. The largest absolute Gasteiger partial charge is 0.444 e. The summed E-state index contributed by atoms with van der Waals surface area (Å²) in [7, 11) is 0. The average Bonchev–Trinajstić information content (AvgIpc) is 2.95. The average molecular weight is 281 g/mol. The molecule has 1 aromatic heterocycles. The van der Waals surface area contributed by atoms with Gasteiger partial charge in [0.05, 0.1) is 5.92 Å². The quantitative estimate of drug-likeness (QED) is 0.833. The Hall–Kier alpha value is -1.59. The molecule has 1 amide bonds. The first kappa shape index (κ1) is 14.8. The number of amides is 1. The third kappa shape index (κ3) is 3.49. The molecule has 112 valence electrons. The monoisotopic (exact) mass is 281 g/mol. The zero-order chi connectivity index (χ0) is 14.9. The fourth-order valence-electron chi connectivity index (χ4n) is 2.10. The molecule has 1 fully saturated rings. The summed E-state index contributed by atoms with van der Waals surface area (Å²) in [6.45, 7) is 10.9. The number of rotatable bonds is 2. The van der Waals surface area contributed by atoms with Crippen molar-refractivity contribution in [2.24, 2.45) is 0 Å². The molecule has 6 heteroatoms. The highest BCUT2D eigenvalue weighted by Crippen LogP contribution is 2.28. The van der Waals surface area contributed by atoms with Crippen LogP contribution in [0.2, 0.25) is 0 Å². The van der Waals surface area contributed by atoms with E-state index in [1.165, 1.54) is 0 Å². The SMILES string of the molecule is CC(C)c1nnc(C2CCN(C(=O)OC(C)(C)C)C2)o1. The van der Waals surface area contributed by atoms with E-state index >= 15 is 0 Å². The Labute approximate surface area is 119 Å². The summed E-state index contributed by atoms with van der Waals surface area (Å²) in [5.74, 6) is 1.61. The van der Waals surface area contributed by atoms with Crippen molar-refractivity contribution in [3.05, 3.63) is 11.8 Å². The minimum absolute atomic E-state index is 0.113. The van der Waals surface area contributed by atoms with Gasteiger partial charge >= 0.3 is 6.09 Å². The molecular formula is C14H23N3O3. The Morgan fingerprint density at radius 2 is 2.10 bits per heavy atom. The van der Waals surface area contributed by atoms with E-state index in [4.69, 9.17) is 9.15 Å². The van der Waals surface area contributed by atoms with Crippen molar-refractivity contribution in [1.29, 1.82) is 0 Å². The molecule has 0 aliphatic carbocycles. The molecule has 0 radical (unpaired) electrons. The van der Waals surface area contributed by atoms with E-state index in [1.54, 1.807) is 4.90 Å². The molecule has 0 aromatic carbocycles. The molecule has 20 heavy (non-hydrogen) atoms. The number of nitrogens with zero attached hydrogens (tertiary/aromatic N) is 3. The molecule has 0 saturated carbocycles. The molecule has 2 rings (SSSR count). The van der Waals surface area contributed by atoms with Gasteiger partial charge in [-0.2, -0.15) is 0 Å². The summed E-state index contributed by atoms with van der Waals surface area (Å²) >= 11 is 0. The van der Waals surface area contributed by atoms with E-state index in [9.17, 15) is 4.79 Å². The van der Waals surface area contributed by atoms with Gasteiger partial charge in [0, 0.05) is 19.0 Å². The lowest BCUT2D eigenvalue weighted by Gasteiger charge is -2.24. The minimum Gasteiger partial charge on any atom is -0.444 e. The molecule has 0 spiro atoms. The van der Waals surface area contributed by atoms with Gasteiger partial charge in [-0.05, 0) is 27.2 Å². The topological polar surface area (TPSA) is 68.5 Å². The van der Waals surface area contributed by atoms with Crippen molar-refractivity contribution in [1.82, 2.24) is 15.1 Å². The second-order valence-corrected chi connectivity index (χ2v) is 6.55. The highest BCUT2D eigenvalue weighted by Gasteiger charge is 2.33. The molecule has 1 unspecified atom stereocenters. The van der Waals surface area contributed by atoms with Crippen LogP contribution in [-0.4, -0.2) is 39.9 Å². The number of ether oxygens (including phenoxy) is 1. The number of carbonyl (C=O) groups excluding carboxylic acids is 1. The van der Waals surface area contributed by atoms with Gasteiger partial charge in [0.25, 0.3) is 0 Å². The third-order valence-corrected chi connectivity index (χ3v) is 3.14. The van der Waals surface area contributed by atoms with Crippen LogP contribution in [0.3, 0.4) is 0 Å². The van der Waals surface area contributed by atoms with Crippen LogP contribution in [-0.2, 0) is 4.74 Å². The molecule has 1 aromatic rings. The molecule has 6 nitrogen and oxygen atoms in total. The maximum Gasteiger partial charge on any atom is 0.410 e. The van der Waals surface area contributed by atoms with Crippen LogP contribution in [0.1, 0.15) is 64.7 Å². The Balaban J connectivity index is 1.96. The molecule has 1 atom stereocenters. The van der Waals surface area contributed by atoms with Crippen molar-refractivity contribution in [3.63, 3.8) is 0 Å². The summed E-state index contributed by atoms with van der Waals surface area (Å²) in [6.07, 6.45) is 0.558. The number of hydrogen-bond acceptors (Lipinski definition) is 5. The summed E-state index contributed by atoms with van der Waals surface area (Å²) in [4.78, 5) is 13.7. The van der Waals surface area contributed by atoms with Crippen molar-refractivity contribution < 1.29 is 13.9 Å². The second kappa shape index (κ2) is 5.42. The van der Waals surface area contributed by atoms with Gasteiger partial charge in [-0.1, -0.05) is 13.8 Å². The fraction of sp³-hybridized carbons (Fsp3) is 0.786.